The molecule has 0 aliphatic carbocycles. The van der Waals surface area contributed by atoms with Gasteiger partial charge in [0.15, 0.2) is 0 Å². The first-order chi connectivity index (χ1) is 7.67. The zero-order chi connectivity index (χ0) is 12.0. The number of carbonyl (C=O) groups excluding carboxylic acids is 1. The third-order valence-electron chi connectivity index (χ3n) is 1.72. The monoisotopic (exact) mass is 221 g/mol. The molecule has 1 aromatic rings. The summed E-state index contributed by atoms with van der Waals surface area (Å²) in [4.78, 5) is 13.6. The summed E-state index contributed by atoms with van der Waals surface area (Å²) in [5.41, 5.74) is 8.61. The van der Waals surface area contributed by atoms with Crippen molar-refractivity contribution in [3.8, 4) is 0 Å². The van der Waals surface area contributed by atoms with Crippen molar-refractivity contribution in [2.45, 2.75) is 0 Å². The minimum absolute atomic E-state index is 0.184. The Balaban J connectivity index is 3.06. The number of nitrogens with zero attached hydrogens (tertiary/aromatic N) is 3. The predicted octanol–water partition coefficient (Wildman–Crippen LogP) is 2.65. The van der Waals surface area contributed by atoms with Crippen molar-refractivity contribution in [2.75, 3.05) is 7.11 Å². The van der Waals surface area contributed by atoms with Crippen LogP contribution in [0.25, 0.3) is 16.5 Å². The summed E-state index contributed by atoms with van der Waals surface area (Å²) in [6, 6.07) is 5.37. The molecule has 0 aromatic heterocycles. The standard InChI is InChI=1S/C10H8FN3O2/c1-16-10(15)9(13-14-12)6-7-2-4-8(11)5-3-7/h2-6H,1H3. The molecule has 16 heavy (non-hydrogen) atoms. The van der Waals surface area contributed by atoms with E-state index < -0.39 is 5.97 Å². The third kappa shape index (κ3) is 3.11. The van der Waals surface area contributed by atoms with Crippen molar-refractivity contribution >= 4 is 12.0 Å². The Morgan fingerprint density at radius 2 is 2.12 bits per heavy atom. The van der Waals surface area contributed by atoms with Crippen molar-refractivity contribution in [3.05, 3.63) is 51.8 Å². The molecule has 0 spiro atoms. The second kappa shape index (κ2) is 5.53. The molecule has 0 amide bonds. The van der Waals surface area contributed by atoms with E-state index in [1.807, 2.05) is 0 Å². The Morgan fingerprint density at radius 3 is 2.62 bits per heavy atom. The SMILES string of the molecule is COC(=O)C(=Cc1ccc(F)cc1)N=[N+]=[N-]. The van der Waals surface area contributed by atoms with Crippen LogP contribution in [0.15, 0.2) is 35.1 Å². The van der Waals surface area contributed by atoms with Crippen molar-refractivity contribution in [1.29, 1.82) is 0 Å². The van der Waals surface area contributed by atoms with Gasteiger partial charge < -0.3 is 4.74 Å². The van der Waals surface area contributed by atoms with Crippen molar-refractivity contribution in [2.24, 2.45) is 5.11 Å². The topological polar surface area (TPSA) is 75.1 Å². The second-order valence-electron chi connectivity index (χ2n) is 2.76. The van der Waals surface area contributed by atoms with Gasteiger partial charge in [-0.2, -0.15) is 0 Å². The van der Waals surface area contributed by atoms with E-state index in [-0.39, 0.29) is 11.5 Å². The van der Waals surface area contributed by atoms with Gasteiger partial charge in [-0.3, -0.25) is 0 Å². The lowest BCUT2D eigenvalue weighted by molar-refractivity contribution is -0.136. The van der Waals surface area contributed by atoms with Gasteiger partial charge in [0.1, 0.15) is 11.5 Å². The van der Waals surface area contributed by atoms with Gasteiger partial charge >= 0.3 is 5.97 Å². The van der Waals surface area contributed by atoms with Crippen LogP contribution in [0.3, 0.4) is 0 Å². The fourth-order valence-corrected chi connectivity index (χ4v) is 0.998. The highest BCUT2D eigenvalue weighted by Gasteiger charge is 2.06. The number of azide groups is 1. The first-order valence-electron chi connectivity index (χ1n) is 4.28. The van der Waals surface area contributed by atoms with Crippen LogP contribution in [0.2, 0.25) is 0 Å². The molecule has 0 bridgehead atoms. The Bertz CT molecular complexity index is 461. The van der Waals surface area contributed by atoms with Gasteiger partial charge in [-0.1, -0.05) is 17.2 Å². The van der Waals surface area contributed by atoms with Crippen molar-refractivity contribution in [3.63, 3.8) is 0 Å². The molecule has 0 atom stereocenters. The average molecular weight is 221 g/mol. The zero-order valence-electron chi connectivity index (χ0n) is 8.42. The molecule has 0 radical (unpaired) electrons. The highest BCUT2D eigenvalue weighted by atomic mass is 19.1. The van der Waals surface area contributed by atoms with E-state index in [0.29, 0.717) is 5.56 Å². The lowest BCUT2D eigenvalue weighted by atomic mass is 10.2. The molecule has 0 saturated carbocycles. The summed E-state index contributed by atoms with van der Waals surface area (Å²) in [5.74, 6) is -1.14. The van der Waals surface area contributed by atoms with Gasteiger partial charge in [-0.25, -0.2) is 9.18 Å². The summed E-state index contributed by atoms with van der Waals surface area (Å²) in [6.45, 7) is 0. The van der Waals surface area contributed by atoms with Crippen molar-refractivity contribution in [1.82, 2.24) is 0 Å². The highest BCUT2D eigenvalue weighted by molar-refractivity contribution is 5.93. The van der Waals surface area contributed by atoms with E-state index in [1.54, 1.807) is 0 Å². The molecule has 0 heterocycles. The first kappa shape index (κ1) is 11.7. The smallest absolute Gasteiger partial charge is 0.340 e. The van der Waals surface area contributed by atoms with Gasteiger partial charge in [0.2, 0.25) is 0 Å². The van der Waals surface area contributed by atoms with Gasteiger partial charge in [0.05, 0.1) is 7.11 Å². The lowest BCUT2D eigenvalue weighted by Crippen LogP contribution is -2.01. The van der Waals surface area contributed by atoms with Crippen LogP contribution in [0.4, 0.5) is 4.39 Å². The summed E-state index contributed by atoms with van der Waals surface area (Å²) in [6.07, 6.45) is 1.31. The Hall–Kier alpha value is -2.33. The number of methoxy groups -OCH3 is 1. The first-order valence-corrected chi connectivity index (χ1v) is 4.28. The second-order valence-corrected chi connectivity index (χ2v) is 2.76. The maximum Gasteiger partial charge on any atom is 0.340 e. The molecule has 82 valence electrons. The average Bonchev–Trinajstić information content (AvgIpc) is 2.30. The van der Waals surface area contributed by atoms with E-state index in [0.717, 1.165) is 0 Å². The molecule has 0 N–H and O–H groups in total. The highest BCUT2D eigenvalue weighted by Crippen LogP contribution is 2.10. The number of rotatable bonds is 3. The summed E-state index contributed by atoms with van der Waals surface area (Å²) in [7, 11) is 1.17. The largest absolute Gasteiger partial charge is 0.466 e. The Kier molecular flexibility index (Phi) is 4.06. The molecule has 0 fully saturated rings. The van der Waals surface area contributed by atoms with E-state index in [1.165, 1.54) is 37.5 Å². The fraction of sp³-hybridized carbons (Fsp3) is 0.100. The molecule has 0 saturated heterocycles. The van der Waals surface area contributed by atoms with Crippen LogP contribution in [0.1, 0.15) is 5.56 Å². The van der Waals surface area contributed by atoms with Crippen LogP contribution >= 0.6 is 0 Å². The molecule has 5 nitrogen and oxygen atoms in total. The molecule has 1 rings (SSSR count). The third-order valence-corrected chi connectivity index (χ3v) is 1.72. The Morgan fingerprint density at radius 1 is 1.50 bits per heavy atom. The molecular weight excluding hydrogens is 213 g/mol. The predicted molar refractivity (Wildman–Crippen MR) is 55.5 cm³/mol. The number of carbonyl (C=O) groups is 1. The minimum Gasteiger partial charge on any atom is -0.466 e. The van der Waals surface area contributed by atoms with Crippen LogP contribution < -0.4 is 0 Å². The van der Waals surface area contributed by atoms with Gasteiger partial charge in [0.25, 0.3) is 0 Å². The normalized spacial score (nSPS) is 10.5. The lowest BCUT2D eigenvalue weighted by Gasteiger charge is -1.98. The Labute approximate surface area is 90.8 Å². The number of benzene rings is 1. The minimum atomic E-state index is -0.748. The molecule has 1 aromatic carbocycles. The number of esters is 1. The quantitative estimate of drug-likeness (QED) is 0.258. The van der Waals surface area contributed by atoms with Crippen molar-refractivity contribution < 1.29 is 13.9 Å². The van der Waals surface area contributed by atoms with E-state index in [2.05, 4.69) is 14.8 Å². The summed E-state index contributed by atoms with van der Waals surface area (Å²) >= 11 is 0. The fourth-order valence-electron chi connectivity index (χ4n) is 0.998. The van der Waals surface area contributed by atoms with E-state index >= 15 is 0 Å². The van der Waals surface area contributed by atoms with Crippen LogP contribution in [0, 0.1) is 5.82 Å². The number of ether oxygens (including phenoxy) is 1. The van der Waals surface area contributed by atoms with Crippen LogP contribution in [0.5, 0.6) is 0 Å². The van der Waals surface area contributed by atoms with Crippen LogP contribution in [-0.4, -0.2) is 13.1 Å². The number of hydrogen-bond donors (Lipinski definition) is 0. The maximum absolute atomic E-state index is 12.6. The van der Waals surface area contributed by atoms with E-state index in [9.17, 15) is 9.18 Å². The van der Waals surface area contributed by atoms with Gasteiger partial charge in [-0.15, -0.1) is 0 Å². The summed E-state index contributed by atoms with van der Waals surface area (Å²) in [5, 5.41) is 3.19. The van der Waals surface area contributed by atoms with E-state index in [4.69, 9.17) is 5.53 Å². The molecule has 0 aliphatic rings. The van der Waals surface area contributed by atoms with Gasteiger partial charge in [0, 0.05) is 4.91 Å². The molecule has 0 unspecified atom stereocenters. The summed E-state index contributed by atoms with van der Waals surface area (Å²) < 4.78 is 17.0. The number of hydrogen-bond acceptors (Lipinski definition) is 3. The zero-order valence-corrected chi connectivity index (χ0v) is 8.42. The van der Waals surface area contributed by atoms with Crippen LogP contribution in [-0.2, 0) is 9.53 Å². The molecular formula is C10H8FN3O2. The molecule has 6 heteroatoms. The van der Waals surface area contributed by atoms with Gasteiger partial charge in [-0.05, 0) is 29.3 Å². The number of halogens is 1. The molecule has 0 aliphatic heterocycles. The maximum atomic E-state index is 12.6.